The van der Waals surface area contributed by atoms with E-state index in [1.165, 1.54) is 53.8 Å². The Balaban J connectivity index is 1.26. The van der Waals surface area contributed by atoms with Crippen LogP contribution in [0.2, 0.25) is 0 Å². The molecule has 10 aromatic rings. The first-order valence-electron chi connectivity index (χ1n) is 14.8. The maximum Gasteiger partial charge on any atom is 0.197 e. The van der Waals surface area contributed by atoms with E-state index < -0.39 is 0 Å². The van der Waals surface area contributed by atoms with Gasteiger partial charge in [-0.25, -0.2) is 4.98 Å². The number of thiazole rings is 1. The van der Waals surface area contributed by atoms with E-state index in [1.54, 1.807) is 11.3 Å². The average Bonchev–Trinajstić information content (AvgIpc) is 3.81. The van der Waals surface area contributed by atoms with Gasteiger partial charge in [0.1, 0.15) is 5.69 Å². The summed E-state index contributed by atoms with van der Waals surface area (Å²) < 4.78 is 8.33. The molecular weight excluding hydrogens is 557 g/mol. The molecule has 44 heavy (non-hydrogen) atoms. The van der Waals surface area contributed by atoms with Gasteiger partial charge in [0, 0.05) is 32.8 Å². The first-order valence-corrected chi connectivity index (χ1v) is 15.6. The molecule has 0 aliphatic rings. The van der Waals surface area contributed by atoms with E-state index in [0.29, 0.717) is 0 Å². The zero-order chi connectivity index (χ0) is 28.8. The molecule has 0 amide bonds. The van der Waals surface area contributed by atoms with Crippen molar-refractivity contribution in [2.45, 2.75) is 0 Å². The van der Waals surface area contributed by atoms with Crippen LogP contribution in [0.15, 0.2) is 146 Å². The molecule has 4 aromatic heterocycles. The number of hydrogen-bond donors (Lipinski definition) is 0. The first kappa shape index (κ1) is 23.9. The Labute approximate surface area is 256 Å². The van der Waals surface area contributed by atoms with Crippen LogP contribution in [0, 0.1) is 0 Å². The summed E-state index contributed by atoms with van der Waals surface area (Å²) in [6.07, 6.45) is 0. The predicted octanol–water partition coefficient (Wildman–Crippen LogP) is 10.4. The fourth-order valence-electron chi connectivity index (χ4n) is 7.02. The standard InChI is InChI=1S/C39H24N4S/c1-5-15-31-27(11-1)28-12-2-6-16-32(28)41(31)26-23-21-25(22-24-26)37-38(43-35-19-9-10-20-36(35)44-39(43)40-37)42-33-17-7-3-13-29(33)30-14-4-8-18-34(30)42/h1-24H. The lowest BCUT2D eigenvalue weighted by Crippen LogP contribution is -2.01. The van der Waals surface area contributed by atoms with Gasteiger partial charge in [-0.15, -0.1) is 0 Å². The lowest BCUT2D eigenvalue weighted by molar-refractivity contribution is 1.07. The number of aromatic nitrogens is 4. The Kier molecular flexibility index (Phi) is 4.84. The van der Waals surface area contributed by atoms with Crippen LogP contribution in [0.5, 0.6) is 0 Å². The third-order valence-electron chi connectivity index (χ3n) is 8.90. The van der Waals surface area contributed by atoms with Gasteiger partial charge in [0.15, 0.2) is 10.8 Å². The van der Waals surface area contributed by atoms with Crippen LogP contribution in [0.25, 0.3) is 81.6 Å². The van der Waals surface area contributed by atoms with Gasteiger partial charge in [0.05, 0.1) is 32.3 Å². The zero-order valence-electron chi connectivity index (χ0n) is 23.6. The Hall–Kier alpha value is -5.65. The highest BCUT2D eigenvalue weighted by Crippen LogP contribution is 2.40. The SMILES string of the molecule is c1ccc2c(c1)sc1nc(-c3ccc(-n4c5ccccc5c5ccccc54)cc3)c(-n3c4ccccc4c4ccccc43)n12. The van der Waals surface area contributed by atoms with Crippen LogP contribution in [-0.4, -0.2) is 18.5 Å². The molecule has 0 aliphatic heterocycles. The summed E-state index contributed by atoms with van der Waals surface area (Å²) in [5.74, 6) is 1.07. The Bertz CT molecular complexity index is 2610. The van der Waals surface area contributed by atoms with Crippen LogP contribution in [0.4, 0.5) is 0 Å². The molecule has 0 saturated carbocycles. The topological polar surface area (TPSA) is 27.2 Å². The van der Waals surface area contributed by atoms with Gasteiger partial charge in [-0.1, -0.05) is 108 Å². The second kappa shape index (κ2) is 8.93. The quantitative estimate of drug-likeness (QED) is 0.204. The summed E-state index contributed by atoms with van der Waals surface area (Å²) in [7, 11) is 0. The van der Waals surface area contributed by atoms with E-state index in [1.807, 2.05) is 0 Å². The third kappa shape index (κ3) is 3.19. The highest BCUT2D eigenvalue weighted by atomic mass is 32.1. The van der Waals surface area contributed by atoms with Crippen molar-refractivity contribution in [3.05, 3.63) is 146 Å². The molecule has 4 heterocycles. The number of rotatable bonds is 3. The van der Waals surface area contributed by atoms with E-state index in [0.717, 1.165) is 27.7 Å². The van der Waals surface area contributed by atoms with Crippen molar-refractivity contribution in [3.63, 3.8) is 0 Å². The highest BCUT2D eigenvalue weighted by Gasteiger charge is 2.23. The van der Waals surface area contributed by atoms with Gasteiger partial charge in [-0.05, 0) is 48.5 Å². The summed E-state index contributed by atoms with van der Waals surface area (Å²) >= 11 is 1.74. The molecule has 0 fully saturated rings. The van der Waals surface area contributed by atoms with Gasteiger partial charge in [-0.2, -0.15) is 0 Å². The van der Waals surface area contributed by atoms with Crippen molar-refractivity contribution >= 4 is 70.1 Å². The van der Waals surface area contributed by atoms with Crippen LogP contribution >= 0.6 is 11.3 Å². The molecule has 10 rings (SSSR count). The Morgan fingerprint density at radius 1 is 0.432 bits per heavy atom. The van der Waals surface area contributed by atoms with E-state index in [4.69, 9.17) is 4.98 Å². The Morgan fingerprint density at radius 3 is 1.43 bits per heavy atom. The molecule has 206 valence electrons. The van der Waals surface area contributed by atoms with E-state index >= 15 is 0 Å². The minimum absolute atomic E-state index is 0.974. The zero-order valence-corrected chi connectivity index (χ0v) is 24.4. The van der Waals surface area contributed by atoms with Gasteiger partial charge in [-0.3, -0.25) is 8.97 Å². The summed E-state index contributed by atoms with van der Waals surface area (Å²) in [5.41, 5.74) is 9.14. The average molecular weight is 581 g/mol. The minimum Gasteiger partial charge on any atom is -0.309 e. The Morgan fingerprint density at radius 2 is 0.886 bits per heavy atom. The normalized spacial score (nSPS) is 12.1. The third-order valence-corrected chi connectivity index (χ3v) is 9.92. The molecule has 0 saturated heterocycles. The number of benzene rings is 6. The summed E-state index contributed by atoms with van der Waals surface area (Å²) in [5, 5.41) is 5.01. The van der Waals surface area contributed by atoms with Gasteiger partial charge < -0.3 is 4.57 Å². The molecule has 0 bridgehead atoms. The van der Waals surface area contributed by atoms with Crippen LogP contribution in [0.1, 0.15) is 0 Å². The van der Waals surface area contributed by atoms with Crippen molar-refractivity contribution in [2.75, 3.05) is 0 Å². The molecule has 0 aliphatic carbocycles. The second-order valence-corrected chi connectivity index (χ2v) is 12.3. The summed E-state index contributed by atoms with van der Waals surface area (Å²) in [6, 6.07) is 52.2. The molecule has 0 spiro atoms. The van der Waals surface area contributed by atoms with Crippen LogP contribution in [-0.2, 0) is 0 Å². The van der Waals surface area contributed by atoms with Crippen molar-refractivity contribution in [1.29, 1.82) is 0 Å². The molecule has 0 unspecified atom stereocenters. The molecule has 0 atom stereocenters. The molecule has 4 nitrogen and oxygen atoms in total. The fraction of sp³-hybridized carbons (Fsp3) is 0. The molecule has 0 radical (unpaired) electrons. The predicted molar refractivity (Wildman–Crippen MR) is 185 cm³/mol. The number of fused-ring (bicyclic) bond motifs is 9. The number of nitrogens with zero attached hydrogens (tertiary/aromatic N) is 4. The fourth-order valence-corrected chi connectivity index (χ4v) is 8.04. The lowest BCUT2D eigenvalue weighted by Gasteiger charge is -2.12. The maximum atomic E-state index is 5.34. The monoisotopic (exact) mass is 580 g/mol. The van der Waals surface area contributed by atoms with Crippen molar-refractivity contribution in [2.24, 2.45) is 0 Å². The number of para-hydroxylation sites is 5. The molecular formula is C39H24N4S. The highest BCUT2D eigenvalue weighted by molar-refractivity contribution is 7.23. The van der Waals surface area contributed by atoms with E-state index in [2.05, 4.69) is 159 Å². The van der Waals surface area contributed by atoms with Crippen LogP contribution in [0.3, 0.4) is 0 Å². The van der Waals surface area contributed by atoms with Gasteiger partial charge >= 0.3 is 0 Å². The smallest absolute Gasteiger partial charge is 0.197 e. The molecule has 6 aromatic carbocycles. The maximum absolute atomic E-state index is 5.34. The van der Waals surface area contributed by atoms with Crippen molar-refractivity contribution < 1.29 is 0 Å². The van der Waals surface area contributed by atoms with E-state index in [-0.39, 0.29) is 0 Å². The van der Waals surface area contributed by atoms with Gasteiger partial charge in [0.25, 0.3) is 0 Å². The largest absolute Gasteiger partial charge is 0.309 e. The second-order valence-electron chi connectivity index (χ2n) is 11.3. The number of hydrogen-bond acceptors (Lipinski definition) is 2. The lowest BCUT2D eigenvalue weighted by atomic mass is 10.1. The van der Waals surface area contributed by atoms with E-state index in [9.17, 15) is 0 Å². The van der Waals surface area contributed by atoms with Crippen molar-refractivity contribution in [3.8, 4) is 22.8 Å². The summed E-state index contributed by atoms with van der Waals surface area (Å²) in [4.78, 5) is 6.33. The molecule has 0 N–H and O–H groups in total. The van der Waals surface area contributed by atoms with Crippen molar-refractivity contribution in [1.82, 2.24) is 18.5 Å². The number of imidazole rings is 1. The molecule has 5 heteroatoms. The summed E-state index contributed by atoms with van der Waals surface area (Å²) in [6.45, 7) is 0. The van der Waals surface area contributed by atoms with Gasteiger partial charge in [0.2, 0.25) is 0 Å². The minimum atomic E-state index is 0.974. The first-order chi connectivity index (χ1) is 21.8. The van der Waals surface area contributed by atoms with Crippen LogP contribution < -0.4 is 0 Å².